The van der Waals surface area contributed by atoms with E-state index in [1.807, 2.05) is 42.3 Å². The molecule has 1 aliphatic rings. The van der Waals surface area contributed by atoms with Crippen LogP contribution in [0.3, 0.4) is 0 Å². The van der Waals surface area contributed by atoms with E-state index < -0.39 is 6.04 Å². The molecule has 0 spiro atoms. The summed E-state index contributed by atoms with van der Waals surface area (Å²) in [7, 11) is 1.92. The van der Waals surface area contributed by atoms with Crippen LogP contribution in [0.5, 0.6) is 0 Å². The Hall–Kier alpha value is -1.88. The summed E-state index contributed by atoms with van der Waals surface area (Å²) < 4.78 is 5.12. The van der Waals surface area contributed by atoms with E-state index in [9.17, 15) is 9.59 Å². The first-order chi connectivity index (χ1) is 11.1. The van der Waals surface area contributed by atoms with Crippen molar-refractivity contribution in [3.8, 4) is 0 Å². The van der Waals surface area contributed by atoms with E-state index >= 15 is 0 Å². The SMILES string of the molecule is CCOC(=O)C1CCCCN1C(=O)CN(C)Cc1ccccc1. The predicted molar refractivity (Wildman–Crippen MR) is 88.8 cm³/mol. The Labute approximate surface area is 138 Å². The van der Waals surface area contributed by atoms with Crippen LogP contribution >= 0.6 is 0 Å². The molecule has 5 heteroatoms. The van der Waals surface area contributed by atoms with Crippen molar-refractivity contribution in [1.82, 2.24) is 9.80 Å². The Kier molecular flexibility index (Phi) is 6.59. The van der Waals surface area contributed by atoms with Crippen molar-refractivity contribution < 1.29 is 14.3 Å². The number of piperidine rings is 1. The number of ether oxygens (including phenoxy) is 1. The van der Waals surface area contributed by atoms with Crippen molar-refractivity contribution in [2.75, 3.05) is 26.7 Å². The third kappa shape index (κ3) is 5.06. The molecule has 0 aromatic heterocycles. The maximum absolute atomic E-state index is 12.6. The van der Waals surface area contributed by atoms with Gasteiger partial charge in [0, 0.05) is 13.1 Å². The molecule has 23 heavy (non-hydrogen) atoms. The average molecular weight is 318 g/mol. The Balaban J connectivity index is 1.93. The molecule has 5 nitrogen and oxygen atoms in total. The maximum atomic E-state index is 12.6. The molecular weight excluding hydrogens is 292 g/mol. The second kappa shape index (κ2) is 8.67. The highest BCUT2D eigenvalue weighted by molar-refractivity contribution is 5.85. The molecule has 2 rings (SSSR count). The minimum absolute atomic E-state index is 0.00110. The number of rotatable bonds is 6. The van der Waals surface area contributed by atoms with Gasteiger partial charge in [0.1, 0.15) is 6.04 Å². The minimum Gasteiger partial charge on any atom is -0.464 e. The van der Waals surface area contributed by atoms with Crippen LogP contribution in [0.1, 0.15) is 31.7 Å². The first-order valence-electron chi connectivity index (χ1n) is 8.30. The summed E-state index contributed by atoms with van der Waals surface area (Å²) in [4.78, 5) is 28.3. The molecule has 1 saturated heterocycles. The minimum atomic E-state index is -0.415. The van der Waals surface area contributed by atoms with E-state index in [4.69, 9.17) is 4.74 Å². The zero-order valence-corrected chi connectivity index (χ0v) is 14.0. The summed E-state index contributed by atoms with van der Waals surface area (Å²) in [6.07, 6.45) is 2.62. The number of nitrogens with zero attached hydrogens (tertiary/aromatic N) is 2. The molecule has 0 aliphatic carbocycles. The van der Waals surface area contributed by atoms with Crippen molar-refractivity contribution in [3.05, 3.63) is 35.9 Å². The van der Waals surface area contributed by atoms with Gasteiger partial charge >= 0.3 is 5.97 Å². The normalized spacial score (nSPS) is 18.0. The first-order valence-corrected chi connectivity index (χ1v) is 8.30. The lowest BCUT2D eigenvalue weighted by molar-refractivity contribution is -0.157. The highest BCUT2D eigenvalue weighted by atomic mass is 16.5. The van der Waals surface area contributed by atoms with Crippen LogP contribution in [0.25, 0.3) is 0 Å². The van der Waals surface area contributed by atoms with Crippen LogP contribution in [0.2, 0.25) is 0 Å². The molecule has 1 fully saturated rings. The molecule has 1 heterocycles. The van der Waals surface area contributed by atoms with Crippen molar-refractivity contribution in [2.45, 2.75) is 38.8 Å². The van der Waals surface area contributed by atoms with Gasteiger partial charge in [-0.15, -0.1) is 0 Å². The lowest BCUT2D eigenvalue weighted by Gasteiger charge is -2.35. The fourth-order valence-corrected chi connectivity index (χ4v) is 2.99. The molecule has 1 aromatic rings. The second-order valence-corrected chi connectivity index (χ2v) is 6.01. The van der Waals surface area contributed by atoms with Gasteiger partial charge in [0.15, 0.2) is 0 Å². The van der Waals surface area contributed by atoms with E-state index in [-0.39, 0.29) is 11.9 Å². The first kappa shape index (κ1) is 17.5. The number of benzene rings is 1. The quantitative estimate of drug-likeness (QED) is 0.754. The Bertz CT molecular complexity index is 518. The molecule has 1 unspecified atom stereocenters. The molecule has 126 valence electrons. The molecule has 0 N–H and O–H groups in total. The van der Waals surface area contributed by atoms with Crippen molar-refractivity contribution in [2.24, 2.45) is 0 Å². The summed E-state index contributed by atoms with van der Waals surface area (Å²) in [5, 5.41) is 0. The standard InChI is InChI=1S/C18H26N2O3/c1-3-23-18(22)16-11-7-8-12-20(16)17(21)14-19(2)13-15-9-5-4-6-10-15/h4-6,9-10,16H,3,7-8,11-14H2,1-2H3. The lowest BCUT2D eigenvalue weighted by Crippen LogP contribution is -2.51. The maximum Gasteiger partial charge on any atom is 0.328 e. The number of carbonyl (C=O) groups is 2. The van der Waals surface area contributed by atoms with Gasteiger partial charge < -0.3 is 9.64 Å². The van der Waals surface area contributed by atoms with E-state index in [0.717, 1.165) is 12.8 Å². The summed E-state index contributed by atoms with van der Waals surface area (Å²) in [5.41, 5.74) is 1.17. The summed E-state index contributed by atoms with van der Waals surface area (Å²) in [6.45, 7) is 3.81. The molecule has 0 saturated carbocycles. The zero-order valence-electron chi connectivity index (χ0n) is 14.0. The van der Waals surface area contributed by atoms with Crippen LogP contribution in [0.15, 0.2) is 30.3 Å². The van der Waals surface area contributed by atoms with Crippen LogP contribution in [-0.4, -0.2) is 54.5 Å². The van der Waals surface area contributed by atoms with Gasteiger partial charge in [-0.05, 0) is 38.8 Å². The number of likely N-dealkylation sites (tertiary alicyclic amines) is 1. The van der Waals surface area contributed by atoms with Gasteiger partial charge in [0.2, 0.25) is 5.91 Å². The third-order valence-electron chi connectivity index (χ3n) is 4.08. The van der Waals surface area contributed by atoms with E-state index in [2.05, 4.69) is 0 Å². The molecule has 0 bridgehead atoms. The van der Waals surface area contributed by atoms with Gasteiger partial charge in [-0.2, -0.15) is 0 Å². The van der Waals surface area contributed by atoms with E-state index in [1.165, 1.54) is 5.56 Å². The van der Waals surface area contributed by atoms with Gasteiger partial charge in [0.25, 0.3) is 0 Å². The summed E-state index contributed by atoms with van der Waals surface area (Å²) in [6, 6.07) is 9.64. The largest absolute Gasteiger partial charge is 0.464 e. The third-order valence-corrected chi connectivity index (χ3v) is 4.08. The van der Waals surface area contributed by atoms with Crippen molar-refractivity contribution >= 4 is 11.9 Å². The lowest BCUT2D eigenvalue weighted by atomic mass is 10.0. The molecule has 1 amide bonds. The van der Waals surface area contributed by atoms with Crippen LogP contribution in [0.4, 0.5) is 0 Å². The number of amides is 1. The molecule has 1 atom stereocenters. The van der Waals surface area contributed by atoms with Gasteiger partial charge in [-0.1, -0.05) is 30.3 Å². The number of hydrogen-bond donors (Lipinski definition) is 0. The Morgan fingerprint density at radius 2 is 2.00 bits per heavy atom. The molecule has 0 radical (unpaired) electrons. The van der Waals surface area contributed by atoms with Crippen LogP contribution < -0.4 is 0 Å². The van der Waals surface area contributed by atoms with E-state index in [0.29, 0.717) is 32.7 Å². The Morgan fingerprint density at radius 3 is 2.70 bits per heavy atom. The van der Waals surface area contributed by atoms with Crippen LogP contribution in [0, 0.1) is 0 Å². The summed E-state index contributed by atoms with van der Waals surface area (Å²) >= 11 is 0. The summed E-state index contributed by atoms with van der Waals surface area (Å²) in [5.74, 6) is -0.271. The van der Waals surface area contributed by atoms with Crippen molar-refractivity contribution in [3.63, 3.8) is 0 Å². The Morgan fingerprint density at radius 1 is 1.26 bits per heavy atom. The highest BCUT2D eigenvalue weighted by Crippen LogP contribution is 2.19. The molecule has 1 aliphatic heterocycles. The molecule has 1 aromatic carbocycles. The topological polar surface area (TPSA) is 49.9 Å². The fourth-order valence-electron chi connectivity index (χ4n) is 2.99. The smallest absolute Gasteiger partial charge is 0.328 e. The van der Waals surface area contributed by atoms with Gasteiger partial charge in [0.05, 0.1) is 13.2 Å². The van der Waals surface area contributed by atoms with Crippen molar-refractivity contribution in [1.29, 1.82) is 0 Å². The highest BCUT2D eigenvalue weighted by Gasteiger charge is 2.33. The number of esters is 1. The van der Waals surface area contributed by atoms with E-state index in [1.54, 1.807) is 11.8 Å². The van der Waals surface area contributed by atoms with Crippen LogP contribution in [-0.2, 0) is 20.9 Å². The fraction of sp³-hybridized carbons (Fsp3) is 0.556. The predicted octanol–water partition coefficient (Wildman–Crippen LogP) is 2.06. The monoisotopic (exact) mass is 318 g/mol. The second-order valence-electron chi connectivity index (χ2n) is 6.01. The number of carbonyl (C=O) groups excluding carboxylic acids is 2. The average Bonchev–Trinajstić information content (AvgIpc) is 2.56. The molecular formula is C18H26N2O3. The van der Waals surface area contributed by atoms with Gasteiger partial charge in [-0.3, -0.25) is 9.69 Å². The van der Waals surface area contributed by atoms with Gasteiger partial charge in [-0.25, -0.2) is 4.79 Å². The number of hydrogen-bond acceptors (Lipinski definition) is 4. The zero-order chi connectivity index (χ0) is 16.7. The number of likely N-dealkylation sites (N-methyl/N-ethyl adjacent to an activating group) is 1.